The molecule has 0 saturated carbocycles. The zero-order valence-corrected chi connectivity index (χ0v) is 16.9. The highest BCUT2D eigenvalue weighted by Crippen LogP contribution is 2.23. The normalized spacial score (nSPS) is 10.6. The summed E-state index contributed by atoms with van der Waals surface area (Å²) in [6, 6.07) is 18.5. The molecule has 3 rings (SSSR count). The molecule has 0 aliphatic rings. The number of benzene rings is 2. The second kappa shape index (κ2) is 9.89. The summed E-state index contributed by atoms with van der Waals surface area (Å²) in [4.78, 5) is 24.5. The Morgan fingerprint density at radius 3 is 2.41 bits per heavy atom. The predicted molar refractivity (Wildman–Crippen MR) is 114 cm³/mol. The lowest BCUT2D eigenvalue weighted by molar-refractivity contribution is -0.120. The monoisotopic (exact) mass is 410 g/mol. The van der Waals surface area contributed by atoms with E-state index in [2.05, 4.69) is 15.7 Å². The summed E-state index contributed by atoms with van der Waals surface area (Å²) in [6.45, 7) is 2.88. The smallest absolute Gasteiger partial charge is 0.270 e. The van der Waals surface area contributed by atoms with Crippen molar-refractivity contribution in [1.82, 2.24) is 20.4 Å². The largest absolute Gasteiger partial charge is 0.356 e. The molecule has 29 heavy (non-hydrogen) atoms. The molecule has 0 bridgehead atoms. The van der Waals surface area contributed by atoms with Gasteiger partial charge in [0.2, 0.25) is 5.91 Å². The zero-order chi connectivity index (χ0) is 20.6. The van der Waals surface area contributed by atoms with E-state index in [1.54, 1.807) is 22.9 Å². The number of rotatable bonds is 8. The standard InChI is InChI=1S/C22H23ClN4O2/c1-2-13-24-21(28)12-14-25-22(29)20-15-19(16-8-10-17(23)11-9-16)26-27(20)18-6-4-3-5-7-18/h3-11,15H,2,12-14H2,1H3,(H,24,28)(H,25,29). The van der Waals surface area contributed by atoms with Crippen LogP contribution in [0.5, 0.6) is 0 Å². The average Bonchev–Trinajstić information content (AvgIpc) is 3.19. The summed E-state index contributed by atoms with van der Waals surface area (Å²) in [5.74, 6) is -0.365. The number of carbonyl (C=O) groups excluding carboxylic acids is 2. The Balaban J connectivity index is 1.81. The molecule has 0 aliphatic carbocycles. The maximum atomic E-state index is 12.8. The van der Waals surface area contributed by atoms with Gasteiger partial charge in [-0.25, -0.2) is 4.68 Å². The highest BCUT2D eigenvalue weighted by molar-refractivity contribution is 6.30. The van der Waals surface area contributed by atoms with Crippen molar-refractivity contribution in [2.24, 2.45) is 0 Å². The van der Waals surface area contributed by atoms with Crippen molar-refractivity contribution in [2.75, 3.05) is 13.1 Å². The molecule has 2 aromatic carbocycles. The first-order valence-electron chi connectivity index (χ1n) is 9.55. The van der Waals surface area contributed by atoms with Crippen LogP contribution in [0.2, 0.25) is 5.02 Å². The Morgan fingerprint density at radius 2 is 1.72 bits per heavy atom. The first-order chi connectivity index (χ1) is 14.1. The molecule has 0 saturated heterocycles. The summed E-state index contributed by atoms with van der Waals surface area (Å²) < 4.78 is 1.61. The Morgan fingerprint density at radius 1 is 1.00 bits per heavy atom. The maximum Gasteiger partial charge on any atom is 0.270 e. The molecule has 0 atom stereocenters. The van der Waals surface area contributed by atoms with Crippen LogP contribution in [0.1, 0.15) is 30.3 Å². The van der Waals surface area contributed by atoms with E-state index in [0.717, 1.165) is 17.7 Å². The molecule has 3 aromatic rings. The van der Waals surface area contributed by atoms with Gasteiger partial charge in [0.05, 0.1) is 11.4 Å². The quantitative estimate of drug-likeness (QED) is 0.592. The van der Waals surface area contributed by atoms with Crippen LogP contribution in [0.15, 0.2) is 60.7 Å². The Hall–Kier alpha value is -3.12. The first-order valence-corrected chi connectivity index (χ1v) is 9.92. The fourth-order valence-electron chi connectivity index (χ4n) is 2.80. The van der Waals surface area contributed by atoms with Crippen LogP contribution < -0.4 is 10.6 Å². The van der Waals surface area contributed by atoms with Crippen molar-refractivity contribution in [3.8, 4) is 16.9 Å². The second-order valence-corrected chi connectivity index (χ2v) is 6.96. The molecule has 1 heterocycles. The lowest BCUT2D eigenvalue weighted by atomic mass is 10.1. The third kappa shape index (κ3) is 5.45. The molecule has 0 unspecified atom stereocenters. The summed E-state index contributed by atoms with van der Waals surface area (Å²) in [6.07, 6.45) is 1.11. The molecule has 6 nitrogen and oxygen atoms in total. The van der Waals surface area contributed by atoms with Crippen LogP contribution in [0.3, 0.4) is 0 Å². The topological polar surface area (TPSA) is 76.0 Å². The van der Waals surface area contributed by atoms with Crippen LogP contribution in [-0.4, -0.2) is 34.7 Å². The lowest BCUT2D eigenvalue weighted by Gasteiger charge is -2.08. The summed E-state index contributed by atoms with van der Waals surface area (Å²) in [5, 5.41) is 10.9. The number of amides is 2. The van der Waals surface area contributed by atoms with E-state index in [0.29, 0.717) is 23.0 Å². The molecular weight excluding hydrogens is 388 g/mol. The van der Waals surface area contributed by atoms with Crippen LogP contribution in [-0.2, 0) is 4.79 Å². The average molecular weight is 411 g/mol. The number of hydrogen-bond acceptors (Lipinski definition) is 3. The van der Waals surface area contributed by atoms with Crippen LogP contribution in [0.4, 0.5) is 0 Å². The summed E-state index contributed by atoms with van der Waals surface area (Å²) in [5.41, 5.74) is 2.70. The van der Waals surface area contributed by atoms with Gasteiger partial charge in [0.1, 0.15) is 5.69 Å². The van der Waals surface area contributed by atoms with E-state index in [1.807, 2.05) is 49.4 Å². The minimum atomic E-state index is -0.287. The summed E-state index contributed by atoms with van der Waals surface area (Å²) in [7, 11) is 0. The van der Waals surface area contributed by atoms with E-state index >= 15 is 0 Å². The van der Waals surface area contributed by atoms with Gasteiger partial charge < -0.3 is 10.6 Å². The molecule has 7 heteroatoms. The number of halogens is 1. The van der Waals surface area contributed by atoms with Gasteiger partial charge in [-0.15, -0.1) is 0 Å². The van der Waals surface area contributed by atoms with Gasteiger partial charge in [-0.3, -0.25) is 9.59 Å². The third-order valence-corrected chi connectivity index (χ3v) is 4.54. The van der Waals surface area contributed by atoms with E-state index in [4.69, 9.17) is 11.6 Å². The highest BCUT2D eigenvalue weighted by Gasteiger charge is 2.17. The number of hydrogen-bond donors (Lipinski definition) is 2. The van der Waals surface area contributed by atoms with Gasteiger partial charge in [-0.05, 0) is 36.8 Å². The molecular formula is C22H23ClN4O2. The Labute approximate surface area is 174 Å². The number of nitrogens with zero attached hydrogens (tertiary/aromatic N) is 2. The van der Waals surface area contributed by atoms with Gasteiger partial charge in [0.25, 0.3) is 5.91 Å². The first kappa shape index (κ1) is 20.6. The van der Waals surface area contributed by atoms with Gasteiger partial charge in [-0.1, -0.05) is 48.9 Å². The zero-order valence-electron chi connectivity index (χ0n) is 16.2. The Kier molecular flexibility index (Phi) is 7.03. The number of nitrogens with one attached hydrogen (secondary N) is 2. The van der Waals surface area contributed by atoms with E-state index in [-0.39, 0.29) is 24.8 Å². The number of para-hydroxylation sites is 1. The fraction of sp³-hybridized carbons (Fsp3) is 0.227. The fourth-order valence-corrected chi connectivity index (χ4v) is 2.93. The Bertz CT molecular complexity index is 968. The molecule has 0 radical (unpaired) electrons. The molecule has 0 aliphatic heterocycles. The van der Waals surface area contributed by atoms with Crippen molar-refractivity contribution in [3.05, 3.63) is 71.4 Å². The van der Waals surface area contributed by atoms with Crippen molar-refractivity contribution >= 4 is 23.4 Å². The predicted octanol–water partition coefficient (Wildman–Crippen LogP) is 3.84. The number of carbonyl (C=O) groups is 2. The molecule has 1 aromatic heterocycles. The molecule has 2 N–H and O–H groups in total. The van der Waals surface area contributed by atoms with Crippen molar-refractivity contribution < 1.29 is 9.59 Å². The summed E-state index contributed by atoms with van der Waals surface area (Å²) >= 11 is 5.97. The van der Waals surface area contributed by atoms with E-state index in [1.165, 1.54) is 0 Å². The van der Waals surface area contributed by atoms with E-state index < -0.39 is 0 Å². The van der Waals surface area contributed by atoms with Gasteiger partial charge in [0.15, 0.2) is 0 Å². The van der Waals surface area contributed by atoms with Crippen molar-refractivity contribution in [2.45, 2.75) is 19.8 Å². The minimum absolute atomic E-state index is 0.0782. The van der Waals surface area contributed by atoms with Gasteiger partial charge in [-0.2, -0.15) is 5.10 Å². The van der Waals surface area contributed by atoms with Gasteiger partial charge >= 0.3 is 0 Å². The number of aromatic nitrogens is 2. The third-order valence-electron chi connectivity index (χ3n) is 4.29. The second-order valence-electron chi connectivity index (χ2n) is 6.52. The van der Waals surface area contributed by atoms with Crippen LogP contribution in [0.25, 0.3) is 16.9 Å². The van der Waals surface area contributed by atoms with Crippen molar-refractivity contribution in [1.29, 1.82) is 0 Å². The van der Waals surface area contributed by atoms with E-state index in [9.17, 15) is 9.59 Å². The highest BCUT2D eigenvalue weighted by atomic mass is 35.5. The van der Waals surface area contributed by atoms with Gasteiger partial charge in [0, 0.05) is 30.1 Å². The van der Waals surface area contributed by atoms with Crippen molar-refractivity contribution in [3.63, 3.8) is 0 Å². The molecule has 0 spiro atoms. The SMILES string of the molecule is CCCNC(=O)CCNC(=O)c1cc(-c2ccc(Cl)cc2)nn1-c1ccccc1. The molecule has 150 valence electrons. The molecule has 0 fully saturated rings. The van der Waals surface area contributed by atoms with Crippen LogP contribution in [0, 0.1) is 0 Å². The van der Waals surface area contributed by atoms with Crippen LogP contribution >= 0.6 is 11.6 Å². The maximum absolute atomic E-state index is 12.8. The molecule has 2 amide bonds. The lowest BCUT2D eigenvalue weighted by Crippen LogP contribution is -2.32. The minimum Gasteiger partial charge on any atom is -0.356 e.